The topological polar surface area (TPSA) is 35.2 Å². The maximum atomic E-state index is 5.83. The number of benzene rings is 1. The molecular weight excluding hydrogens is 210 g/mol. The summed E-state index contributed by atoms with van der Waals surface area (Å²) in [4.78, 5) is 0. The maximum Gasteiger partial charge on any atom is 0.119 e. The van der Waals surface area contributed by atoms with E-state index in [-0.39, 0.29) is 6.04 Å². The summed E-state index contributed by atoms with van der Waals surface area (Å²) < 4.78 is 5.50. The molecule has 0 aliphatic heterocycles. The third-order valence-corrected chi connectivity index (χ3v) is 2.33. The highest BCUT2D eigenvalue weighted by Gasteiger charge is 1.95. The van der Waals surface area contributed by atoms with Crippen molar-refractivity contribution in [1.82, 2.24) is 0 Å². The van der Waals surface area contributed by atoms with Gasteiger partial charge in [0.15, 0.2) is 0 Å². The zero-order chi connectivity index (χ0) is 12.5. The molecule has 0 aromatic heterocycles. The largest absolute Gasteiger partial charge is 0.494 e. The van der Waals surface area contributed by atoms with Gasteiger partial charge in [-0.05, 0) is 37.1 Å². The molecule has 1 atom stereocenters. The second kappa shape index (κ2) is 7.76. The third-order valence-electron chi connectivity index (χ3n) is 2.33. The Morgan fingerprint density at radius 3 is 2.47 bits per heavy atom. The molecule has 0 aliphatic carbocycles. The third kappa shape index (κ3) is 5.42. The van der Waals surface area contributed by atoms with E-state index in [9.17, 15) is 0 Å². The van der Waals surface area contributed by atoms with Gasteiger partial charge in [-0.3, -0.25) is 0 Å². The van der Waals surface area contributed by atoms with E-state index in [1.807, 2.05) is 24.3 Å². The van der Waals surface area contributed by atoms with Crippen LogP contribution in [0.4, 0.5) is 0 Å². The standard InChI is InChI=1S/C15H21NO/c1-3-5-14(16)9-6-13-7-10-15(11-8-13)17-12-4-2/h7-8,10-11,14H,3-5,12,16H2,1-2H3. The summed E-state index contributed by atoms with van der Waals surface area (Å²) in [5.41, 5.74) is 6.82. The van der Waals surface area contributed by atoms with Crippen LogP contribution in [-0.4, -0.2) is 12.6 Å². The van der Waals surface area contributed by atoms with Crippen molar-refractivity contribution in [3.05, 3.63) is 29.8 Å². The molecule has 1 rings (SSSR count). The van der Waals surface area contributed by atoms with Crippen molar-refractivity contribution in [2.45, 2.75) is 39.2 Å². The van der Waals surface area contributed by atoms with Gasteiger partial charge in [0.2, 0.25) is 0 Å². The van der Waals surface area contributed by atoms with Gasteiger partial charge in [-0.25, -0.2) is 0 Å². The van der Waals surface area contributed by atoms with Crippen molar-refractivity contribution in [2.24, 2.45) is 5.73 Å². The fourth-order valence-electron chi connectivity index (χ4n) is 1.41. The van der Waals surface area contributed by atoms with E-state index in [1.54, 1.807) is 0 Å². The summed E-state index contributed by atoms with van der Waals surface area (Å²) in [6.45, 7) is 4.96. The number of rotatable bonds is 5. The molecule has 0 spiro atoms. The van der Waals surface area contributed by atoms with Crippen LogP contribution < -0.4 is 10.5 Å². The molecule has 0 saturated heterocycles. The van der Waals surface area contributed by atoms with Crippen molar-refractivity contribution in [1.29, 1.82) is 0 Å². The SMILES string of the molecule is CCCOc1ccc(C#CC(N)CCC)cc1. The average Bonchev–Trinajstić information content (AvgIpc) is 2.35. The average molecular weight is 231 g/mol. The van der Waals surface area contributed by atoms with Crippen LogP contribution in [0, 0.1) is 11.8 Å². The van der Waals surface area contributed by atoms with E-state index in [1.165, 1.54) is 0 Å². The summed E-state index contributed by atoms with van der Waals surface area (Å²) in [5, 5.41) is 0. The molecule has 0 heterocycles. The molecule has 2 nitrogen and oxygen atoms in total. The fourth-order valence-corrected chi connectivity index (χ4v) is 1.41. The van der Waals surface area contributed by atoms with Gasteiger partial charge in [0.25, 0.3) is 0 Å². The smallest absolute Gasteiger partial charge is 0.119 e. The van der Waals surface area contributed by atoms with Crippen molar-refractivity contribution in [3.8, 4) is 17.6 Å². The van der Waals surface area contributed by atoms with Gasteiger partial charge >= 0.3 is 0 Å². The minimum absolute atomic E-state index is 0.0176. The zero-order valence-electron chi connectivity index (χ0n) is 10.7. The molecule has 0 saturated carbocycles. The monoisotopic (exact) mass is 231 g/mol. The van der Waals surface area contributed by atoms with E-state index in [0.29, 0.717) is 0 Å². The Labute approximate surface area is 104 Å². The Bertz CT molecular complexity index is 372. The van der Waals surface area contributed by atoms with E-state index in [0.717, 1.165) is 37.2 Å². The van der Waals surface area contributed by atoms with Gasteiger partial charge in [-0.2, -0.15) is 0 Å². The first-order chi connectivity index (χ1) is 8.26. The minimum Gasteiger partial charge on any atom is -0.494 e. The van der Waals surface area contributed by atoms with E-state index >= 15 is 0 Å². The second-order valence-electron chi connectivity index (χ2n) is 4.04. The Balaban J connectivity index is 2.55. The maximum absolute atomic E-state index is 5.83. The molecule has 17 heavy (non-hydrogen) atoms. The number of hydrogen-bond donors (Lipinski definition) is 1. The second-order valence-corrected chi connectivity index (χ2v) is 4.04. The molecule has 0 bridgehead atoms. The van der Waals surface area contributed by atoms with Crippen molar-refractivity contribution in [2.75, 3.05) is 6.61 Å². The van der Waals surface area contributed by atoms with Gasteiger partial charge in [0, 0.05) is 5.56 Å². The lowest BCUT2D eigenvalue weighted by Crippen LogP contribution is -2.16. The molecule has 0 amide bonds. The van der Waals surface area contributed by atoms with Crippen LogP contribution in [0.2, 0.25) is 0 Å². The Morgan fingerprint density at radius 1 is 1.18 bits per heavy atom. The number of hydrogen-bond acceptors (Lipinski definition) is 2. The molecule has 1 aromatic carbocycles. The summed E-state index contributed by atoms with van der Waals surface area (Å²) in [6.07, 6.45) is 3.04. The molecule has 0 fully saturated rings. The van der Waals surface area contributed by atoms with Crippen LogP contribution in [0.15, 0.2) is 24.3 Å². The molecule has 92 valence electrons. The lowest BCUT2D eigenvalue weighted by Gasteiger charge is -2.03. The lowest BCUT2D eigenvalue weighted by molar-refractivity contribution is 0.317. The normalized spacial score (nSPS) is 11.5. The highest BCUT2D eigenvalue weighted by molar-refractivity contribution is 5.38. The van der Waals surface area contributed by atoms with Crippen LogP contribution in [0.5, 0.6) is 5.75 Å². The van der Waals surface area contributed by atoms with Gasteiger partial charge in [-0.1, -0.05) is 32.1 Å². The van der Waals surface area contributed by atoms with E-state index < -0.39 is 0 Å². The first kappa shape index (κ1) is 13.6. The summed E-state index contributed by atoms with van der Waals surface area (Å²) in [7, 11) is 0. The van der Waals surface area contributed by atoms with Gasteiger partial charge in [0.1, 0.15) is 5.75 Å². The molecule has 0 aliphatic rings. The highest BCUT2D eigenvalue weighted by atomic mass is 16.5. The first-order valence-corrected chi connectivity index (χ1v) is 6.26. The summed E-state index contributed by atoms with van der Waals surface area (Å²) in [6, 6.07) is 7.82. The van der Waals surface area contributed by atoms with Crippen LogP contribution in [0.1, 0.15) is 38.7 Å². The number of nitrogens with two attached hydrogens (primary N) is 1. The van der Waals surface area contributed by atoms with Crippen molar-refractivity contribution < 1.29 is 4.74 Å². The van der Waals surface area contributed by atoms with Crippen LogP contribution >= 0.6 is 0 Å². The molecule has 2 N–H and O–H groups in total. The zero-order valence-corrected chi connectivity index (χ0v) is 10.7. The number of ether oxygens (including phenoxy) is 1. The van der Waals surface area contributed by atoms with Crippen LogP contribution in [0.25, 0.3) is 0 Å². The van der Waals surface area contributed by atoms with Crippen molar-refractivity contribution in [3.63, 3.8) is 0 Å². The fraction of sp³-hybridized carbons (Fsp3) is 0.467. The quantitative estimate of drug-likeness (QED) is 0.791. The lowest BCUT2D eigenvalue weighted by atomic mass is 10.1. The molecule has 1 aromatic rings. The molecular formula is C15H21NO. The van der Waals surface area contributed by atoms with Crippen LogP contribution in [0.3, 0.4) is 0 Å². The predicted octanol–water partition coefficient (Wildman–Crippen LogP) is 2.95. The van der Waals surface area contributed by atoms with Crippen molar-refractivity contribution >= 4 is 0 Å². The Morgan fingerprint density at radius 2 is 1.88 bits per heavy atom. The summed E-state index contributed by atoms with van der Waals surface area (Å²) in [5.74, 6) is 7.03. The van der Waals surface area contributed by atoms with Gasteiger partial charge in [-0.15, -0.1) is 0 Å². The van der Waals surface area contributed by atoms with E-state index in [2.05, 4.69) is 25.7 Å². The summed E-state index contributed by atoms with van der Waals surface area (Å²) >= 11 is 0. The first-order valence-electron chi connectivity index (χ1n) is 6.26. The van der Waals surface area contributed by atoms with E-state index in [4.69, 9.17) is 10.5 Å². The molecule has 1 unspecified atom stereocenters. The minimum atomic E-state index is -0.0176. The molecule has 0 radical (unpaired) electrons. The predicted molar refractivity (Wildman–Crippen MR) is 72.0 cm³/mol. The molecule has 2 heteroatoms. The Hall–Kier alpha value is -1.46. The van der Waals surface area contributed by atoms with Crippen LogP contribution in [-0.2, 0) is 0 Å². The van der Waals surface area contributed by atoms with Gasteiger partial charge in [0.05, 0.1) is 12.6 Å². The van der Waals surface area contributed by atoms with Gasteiger partial charge < -0.3 is 10.5 Å². The highest BCUT2D eigenvalue weighted by Crippen LogP contribution is 2.11. The Kier molecular flexibility index (Phi) is 6.21.